The van der Waals surface area contributed by atoms with Crippen LogP contribution in [0.25, 0.3) is 0 Å². The molecule has 2 rings (SSSR count). The van der Waals surface area contributed by atoms with Crippen molar-refractivity contribution in [2.24, 2.45) is 0 Å². The highest BCUT2D eigenvalue weighted by Crippen LogP contribution is 2.09. The minimum atomic E-state index is -0.0856. The number of benzene rings is 1. The Bertz CT molecular complexity index is 473. The highest BCUT2D eigenvalue weighted by Gasteiger charge is 1.98. The zero-order chi connectivity index (χ0) is 12.6. The molecule has 0 saturated heterocycles. The molecule has 0 saturated carbocycles. The summed E-state index contributed by atoms with van der Waals surface area (Å²) < 4.78 is 10.9. The molecule has 0 fully saturated rings. The molecular formula is C14H15NO3. The second-order valence-corrected chi connectivity index (χ2v) is 3.64. The summed E-state index contributed by atoms with van der Waals surface area (Å²) in [7, 11) is 0. The number of hydrogen-bond donors (Lipinski definition) is 1. The van der Waals surface area contributed by atoms with E-state index < -0.39 is 0 Å². The van der Waals surface area contributed by atoms with Crippen molar-refractivity contribution in [3.8, 4) is 11.6 Å². The predicted octanol–water partition coefficient (Wildman–Crippen LogP) is 2.03. The van der Waals surface area contributed by atoms with Crippen LogP contribution in [0.3, 0.4) is 0 Å². The first-order valence-corrected chi connectivity index (χ1v) is 5.76. The fourth-order valence-corrected chi connectivity index (χ4v) is 1.45. The Morgan fingerprint density at radius 2 is 1.67 bits per heavy atom. The molecule has 0 unspecified atom stereocenters. The van der Waals surface area contributed by atoms with Gasteiger partial charge >= 0.3 is 0 Å². The highest BCUT2D eigenvalue weighted by atomic mass is 16.5. The maximum atomic E-state index is 8.94. The number of para-hydroxylation sites is 1. The van der Waals surface area contributed by atoms with Crippen LogP contribution in [-0.2, 0) is 6.61 Å². The first kappa shape index (κ1) is 12.4. The molecule has 0 amide bonds. The van der Waals surface area contributed by atoms with Gasteiger partial charge in [0.05, 0.1) is 12.3 Å². The van der Waals surface area contributed by atoms with Crippen molar-refractivity contribution < 1.29 is 14.6 Å². The normalized spacial score (nSPS) is 10.1. The molecule has 4 heteroatoms. The third-order valence-corrected chi connectivity index (χ3v) is 2.29. The molecule has 0 atom stereocenters. The molecule has 0 aliphatic carbocycles. The molecule has 0 bridgehead atoms. The lowest BCUT2D eigenvalue weighted by Gasteiger charge is -2.08. The predicted molar refractivity (Wildman–Crippen MR) is 67.6 cm³/mol. The third kappa shape index (κ3) is 3.75. The van der Waals surface area contributed by atoms with Crippen molar-refractivity contribution in [3.05, 3.63) is 54.2 Å². The summed E-state index contributed by atoms with van der Waals surface area (Å²) in [5.41, 5.74) is 0.594. The molecule has 0 aliphatic rings. The SMILES string of the molecule is OCc1cccc(OCCOc2ccccc2)n1. The number of aromatic nitrogens is 1. The second-order valence-electron chi connectivity index (χ2n) is 3.64. The summed E-state index contributed by atoms with van der Waals surface area (Å²) in [4.78, 5) is 4.11. The van der Waals surface area contributed by atoms with Gasteiger partial charge < -0.3 is 14.6 Å². The molecule has 1 N–H and O–H groups in total. The lowest BCUT2D eigenvalue weighted by atomic mass is 10.3. The molecular weight excluding hydrogens is 230 g/mol. The van der Waals surface area contributed by atoms with Gasteiger partial charge in [-0.25, -0.2) is 4.98 Å². The zero-order valence-electron chi connectivity index (χ0n) is 9.95. The van der Waals surface area contributed by atoms with E-state index in [1.165, 1.54) is 0 Å². The summed E-state index contributed by atoms with van der Waals surface area (Å²) in [5, 5.41) is 8.94. The quantitative estimate of drug-likeness (QED) is 0.791. The van der Waals surface area contributed by atoms with Crippen LogP contribution in [0.4, 0.5) is 0 Å². The maximum Gasteiger partial charge on any atom is 0.213 e. The molecule has 1 aromatic heterocycles. The molecule has 1 heterocycles. The van der Waals surface area contributed by atoms with Gasteiger partial charge in [0, 0.05) is 6.07 Å². The Hall–Kier alpha value is -2.07. The van der Waals surface area contributed by atoms with Crippen LogP contribution in [0.5, 0.6) is 11.6 Å². The number of aliphatic hydroxyl groups is 1. The summed E-state index contributed by atoms with van der Waals surface area (Å²) in [6, 6.07) is 14.9. The number of hydrogen-bond acceptors (Lipinski definition) is 4. The van der Waals surface area contributed by atoms with E-state index >= 15 is 0 Å². The molecule has 94 valence electrons. The van der Waals surface area contributed by atoms with Crippen molar-refractivity contribution in [3.63, 3.8) is 0 Å². The van der Waals surface area contributed by atoms with Gasteiger partial charge in [0.15, 0.2) is 0 Å². The Morgan fingerprint density at radius 3 is 2.44 bits per heavy atom. The average molecular weight is 245 g/mol. The standard InChI is InChI=1S/C14H15NO3/c16-11-12-5-4-8-14(15-12)18-10-9-17-13-6-2-1-3-7-13/h1-8,16H,9-11H2. The lowest BCUT2D eigenvalue weighted by Crippen LogP contribution is -2.10. The lowest BCUT2D eigenvalue weighted by molar-refractivity contribution is 0.210. The molecule has 0 spiro atoms. The molecule has 4 nitrogen and oxygen atoms in total. The fraction of sp³-hybridized carbons (Fsp3) is 0.214. The van der Waals surface area contributed by atoms with Gasteiger partial charge in [-0.3, -0.25) is 0 Å². The third-order valence-electron chi connectivity index (χ3n) is 2.29. The zero-order valence-corrected chi connectivity index (χ0v) is 9.95. The van der Waals surface area contributed by atoms with Gasteiger partial charge in [-0.05, 0) is 18.2 Å². The smallest absolute Gasteiger partial charge is 0.213 e. The largest absolute Gasteiger partial charge is 0.490 e. The van der Waals surface area contributed by atoms with Crippen LogP contribution in [0, 0.1) is 0 Å². The average Bonchev–Trinajstić information content (AvgIpc) is 2.45. The van der Waals surface area contributed by atoms with E-state index in [0.717, 1.165) is 5.75 Å². The maximum absolute atomic E-state index is 8.94. The molecule has 0 radical (unpaired) electrons. The first-order chi connectivity index (χ1) is 8.88. The summed E-state index contributed by atoms with van der Waals surface area (Å²) >= 11 is 0. The van der Waals surface area contributed by atoms with Crippen LogP contribution in [0.1, 0.15) is 5.69 Å². The molecule has 0 aliphatic heterocycles. The van der Waals surface area contributed by atoms with Crippen molar-refractivity contribution in [2.45, 2.75) is 6.61 Å². The number of nitrogens with zero attached hydrogens (tertiary/aromatic N) is 1. The Kier molecular flexibility index (Phi) is 4.55. The van der Waals surface area contributed by atoms with Gasteiger partial charge in [-0.15, -0.1) is 0 Å². The van der Waals surface area contributed by atoms with Crippen LogP contribution >= 0.6 is 0 Å². The van der Waals surface area contributed by atoms with Gasteiger partial charge in [0.25, 0.3) is 0 Å². The van der Waals surface area contributed by atoms with Crippen molar-refractivity contribution in [1.82, 2.24) is 4.98 Å². The van der Waals surface area contributed by atoms with Crippen LogP contribution < -0.4 is 9.47 Å². The van der Waals surface area contributed by atoms with Crippen LogP contribution in [0.2, 0.25) is 0 Å². The van der Waals surface area contributed by atoms with Crippen molar-refractivity contribution >= 4 is 0 Å². The second kappa shape index (κ2) is 6.61. The van der Waals surface area contributed by atoms with Gasteiger partial charge in [-0.1, -0.05) is 24.3 Å². The van der Waals surface area contributed by atoms with E-state index in [4.69, 9.17) is 14.6 Å². The topological polar surface area (TPSA) is 51.6 Å². The van der Waals surface area contributed by atoms with Crippen LogP contribution in [-0.4, -0.2) is 23.3 Å². The van der Waals surface area contributed by atoms with E-state index in [9.17, 15) is 0 Å². The van der Waals surface area contributed by atoms with Gasteiger partial charge in [-0.2, -0.15) is 0 Å². The first-order valence-electron chi connectivity index (χ1n) is 5.76. The Balaban J connectivity index is 1.75. The monoisotopic (exact) mass is 245 g/mol. The van der Waals surface area contributed by atoms with Crippen LogP contribution in [0.15, 0.2) is 48.5 Å². The van der Waals surface area contributed by atoms with Crippen molar-refractivity contribution in [2.75, 3.05) is 13.2 Å². The number of ether oxygens (including phenoxy) is 2. The summed E-state index contributed by atoms with van der Waals surface area (Å²) in [5.74, 6) is 1.32. The number of pyridine rings is 1. The Labute approximate surface area is 106 Å². The Morgan fingerprint density at radius 1 is 0.889 bits per heavy atom. The van der Waals surface area contributed by atoms with E-state index in [0.29, 0.717) is 24.8 Å². The molecule has 18 heavy (non-hydrogen) atoms. The summed E-state index contributed by atoms with van der Waals surface area (Å²) in [6.45, 7) is 0.781. The van der Waals surface area contributed by atoms with E-state index in [2.05, 4.69) is 4.98 Å². The fourth-order valence-electron chi connectivity index (χ4n) is 1.45. The van der Waals surface area contributed by atoms with E-state index in [1.807, 2.05) is 30.3 Å². The summed E-state index contributed by atoms with van der Waals surface area (Å²) in [6.07, 6.45) is 0. The minimum absolute atomic E-state index is 0.0856. The number of rotatable bonds is 6. The highest BCUT2D eigenvalue weighted by molar-refractivity contribution is 5.20. The molecule has 1 aromatic carbocycles. The van der Waals surface area contributed by atoms with Crippen molar-refractivity contribution in [1.29, 1.82) is 0 Å². The molecule has 2 aromatic rings. The minimum Gasteiger partial charge on any atom is -0.490 e. The number of aliphatic hydroxyl groups excluding tert-OH is 1. The van der Waals surface area contributed by atoms with E-state index in [1.54, 1.807) is 18.2 Å². The van der Waals surface area contributed by atoms with E-state index in [-0.39, 0.29) is 6.61 Å². The van der Waals surface area contributed by atoms with Gasteiger partial charge in [0.1, 0.15) is 19.0 Å². The van der Waals surface area contributed by atoms with Gasteiger partial charge in [0.2, 0.25) is 5.88 Å².